The van der Waals surface area contributed by atoms with Crippen molar-refractivity contribution in [1.82, 2.24) is 0 Å². The maximum Gasteiger partial charge on any atom is 1.00 e. The summed E-state index contributed by atoms with van der Waals surface area (Å²) in [5, 5.41) is 35.1. The molecule has 0 amide bonds. The summed E-state index contributed by atoms with van der Waals surface area (Å²) in [7, 11) is 1.44. The van der Waals surface area contributed by atoms with Gasteiger partial charge in [0.15, 0.2) is 0 Å². The number of methoxy groups -OCH3 is 1. The van der Waals surface area contributed by atoms with Crippen LogP contribution in [-0.2, 0) is 56.9 Å². The van der Waals surface area contributed by atoms with E-state index in [0.717, 1.165) is 121 Å². The molecule has 19 heteroatoms. The third kappa shape index (κ3) is 16.5. The molecule has 0 unspecified atom stereocenters. The van der Waals surface area contributed by atoms with E-state index in [9.17, 15) is 15.0 Å². The molecule has 5 spiro atoms. The first kappa shape index (κ1) is 77.8. The van der Waals surface area contributed by atoms with Crippen LogP contribution in [0.5, 0.6) is 0 Å². The summed E-state index contributed by atoms with van der Waals surface area (Å²) < 4.78 is 67.2. The molecule has 3 N–H and O–H groups in total. The first-order valence-electron chi connectivity index (χ1n) is 36.2. The van der Waals surface area contributed by atoms with Crippen LogP contribution in [0.25, 0.3) is 9.69 Å². The predicted octanol–water partition coefficient (Wildman–Crippen LogP) is 9.24. The Balaban J connectivity index is 0.000000148. The van der Waals surface area contributed by atoms with E-state index in [4.69, 9.17) is 82.2 Å². The molecule has 15 aliphatic rings. The Morgan fingerprint density at radius 3 is 1.08 bits per heavy atom. The van der Waals surface area contributed by atoms with Gasteiger partial charge in [-0.25, -0.2) is 13.1 Å². The van der Waals surface area contributed by atoms with E-state index in [0.29, 0.717) is 129 Å². The number of rotatable bonds is 10. The second-order valence-corrected chi connectivity index (χ2v) is 31.6. The molecule has 522 valence electrons. The van der Waals surface area contributed by atoms with Crippen molar-refractivity contribution in [3.05, 3.63) is 29.4 Å². The molecule has 10 saturated heterocycles. The van der Waals surface area contributed by atoms with E-state index in [1.54, 1.807) is 0 Å². The number of carbonyl (C=O) groups excluding carboxylic acids is 1. The number of aliphatic hydroxyl groups is 3. The van der Waals surface area contributed by atoms with E-state index in [1.807, 2.05) is 0 Å². The molecule has 93 heavy (non-hydrogen) atoms. The van der Waals surface area contributed by atoms with Crippen LogP contribution in [0.15, 0.2) is 0 Å². The van der Waals surface area contributed by atoms with Gasteiger partial charge < -0.3 is 88.9 Å². The van der Waals surface area contributed by atoms with Gasteiger partial charge >= 0.3 is 57.4 Å². The fraction of sp³-hybridized carbons (Fsp3) is 0.946. The average Bonchev–Trinajstić information content (AvgIpc) is 1.66. The van der Waals surface area contributed by atoms with Crippen LogP contribution in [0.4, 0.5) is 0 Å². The maximum atomic E-state index is 11.4. The molecule has 5 saturated carbocycles. The van der Waals surface area contributed by atoms with Gasteiger partial charge in [-0.05, 0) is 150 Å². The van der Waals surface area contributed by atoms with Gasteiger partial charge in [0.2, 0.25) is 13.1 Å². The van der Waals surface area contributed by atoms with Crippen LogP contribution >= 0.6 is 0 Å². The monoisotopic (exact) mass is 1330 g/mol. The molecule has 0 aromatic heterocycles. The van der Waals surface area contributed by atoms with E-state index in [2.05, 4.69) is 72.0 Å². The van der Waals surface area contributed by atoms with Crippen molar-refractivity contribution in [2.75, 3.05) is 26.8 Å². The number of fused-ring (bicyclic) bond motifs is 5. The fourth-order valence-electron chi connectivity index (χ4n) is 20.2. The van der Waals surface area contributed by atoms with Crippen molar-refractivity contribution in [2.24, 2.45) is 47.3 Å². The van der Waals surface area contributed by atoms with Crippen molar-refractivity contribution in [2.45, 2.75) is 368 Å². The maximum absolute atomic E-state index is 11.4. The molecule has 18 nitrogen and oxygen atoms in total. The zero-order chi connectivity index (χ0) is 65.2. The van der Waals surface area contributed by atoms with Gasteiger partial charge in [0.05, 0.1) is 139 Å². The summed E-state index contributed by atoms with van der Waals surface area (Å²) in [6.45, 7) is 40.6. The van der Waals surface area contributed by atoms with E-state index < -0.39 is 17.8 Å². The second kappa shape index (κ2) is 33.2. The molecule has 10 heterocycles. The van der Waals surface area contributed by atoms with Crippen molar-refractivity contribution in [1.29, 1.82) is 5.26 Å². The first-order chi connectivity index (χ1) is 43.6. The smallest absolute Gasteiger partial charge is 0.512 e. The van der Waals surface area contributed by atoms with Crippen LogP contribution in [0.1, 0.15) is 237 Å². The standard InChI is InChI=1S/C15H23NO2.C15H24O4.C15H26O2.C14H24O3.C13H19NO4.CN.CH4.K/c1-10-8-15-9-13(11(10)2)17-14(15)5-4-12(18-15)6-7-16-3;1-9-7-15-8-12(10(9)2)18-13(15)5-4-11(19-15)6-14(16)17-3;1-4-5-12-6-7-14-15(17-12)8-10(2)11(3)13(9-15)16-14;1-9-7-14-8-12(10(9)2)16-13(14)4-3-11(17-14)5-6-15;1-14-5-4-8-2-3-11-13(18-8)6-9(15)12(16)10(7-13)17-11;1-2;;/h10-14H,4-9H2,1-2H3;9-13H,4-8H2,1-3H3;10-14H,4-9H2,1-3H3;9-13,15H,3-8H2,1-2H3;8-12,15-16H,2-7H2;;1H4;/q;;;;;-1;;+1/t10-,11-,12-,13-,14+,15+;9-,10-,11-,12-,13+,15+;10-,11-,12+,13-,14+,15+;9-,10-,11-,12-,13+,14+;8-,9-,10-,11+,12-,13+;;;/m11111.../s1. The number of nitrogens with zero attached hydrogens (tertiary/aromatic N) is 3. The molecule has 0 aromatic rings. The van der Waals surface area contributed by atoms with Gasteiger partial charge in [-0.1, -0.05) is 76.2 Å². The third-order valence-corrected chi connectivity index (χ3v) is 25.9. The van der Waals surface area contributed by atoms with Gasteiger partial charge in [-0.15, -0.1) is 0 Å². The Kier molecular flexibility index (Phi) is 27.8. The van der Waals surface area contributed by atoms with Gasteiger partial charge in [0, 0.05) is 58.0 Å². The Morgan fingerprint density at radius 2 is 0.753 bits per heavy atom. The summed E-state index contributed by atoms with van der Waals surface area (Å²) in [4.78, 5) is 18.3. The van der Waals surface area contributed by atoms with Crippen molar-refractivity contribution >= 4 is 5.97 Å². The number of aliphatic hydroxyl groups excluding tert-OH is 3. The van der Waals surface area contributed by atoms with E-state index >= 15 is 0 Å². The van der Waals surface area contributed by atoms with Crippen LogP contribution in [0.3, 0.4) is 0 Å². The molecular formula is C74H120KN3O15. The predicted molar refractivity (Wildman–Crippen MR) is 346 cm³/mol. The van der Waals surface area contributed by atoms with E-state index in [-0.39, 0.29) is 130 Å². The molecule has 5 aliphatic carbocycles. The van der Waals surface area contributed by atoms with Gasteiger partial charge in [-0.2, -0.15) is 0 Å². The summed E-state index contributed by atoms with van der Waals surface area (Å²) in [6.07, 6.45) is 27.9. The zero-order valence-electron chi connectivity index (χ0n) is 58.0. The molecule has 15 fully saturated rings. The Bertz CT molecular complexity index is 2380. The van der Waals surface area contributed by atoms with Crippen LogP contribution in [-0.4, -0.2) is 180 Å². The van der Waals surface area contributed by atoms with Crippen LogP contribution in [0.2, 0.25) is 0 Å². The Hall–Kier alpha value is -0.944. The van der Waals surface area contributed by atoms with Crippen molar-refractivity contribution < 1.29 is 124 Å². The van der Waals surface area contributed by atoms with Crippen molar-refractivity contribution in [3.8, 4) is 0 Å². The minimum absolute atomic E-state index is 0. The largest absolute Gasteiger partial charge is 1.00 e. The summed E-state index contributed by atoms with van der Waals surface area (Å²) in [6, 6.07) is 0. The molecular weight excluding hydrogens is 1210 g/mol. The number of esters is 1. The van der Waals surface area contributed by atoms with Crippen LogP contribution < -0.4 is 51.4 Å². The number of ether oxygens (including phenoxy) is 11. The van der Waals surface area contributed by atoms with Crippen molar-refractivity contribution in [3.63, 3.8) is 0 Å². The third-order valence-electron chi connectivity index (χ3n) is 25.9. The SMILES string of the molecule is C.CCC[C@H]1CC[C@@H]2O[C@@H]3C[C@]2(C[C@@H](C)[C@H]3C)O1.COC(=O)C[C@H]1CC[C@@H]2O[C@@H]3C[C@]2(C[C@@H](C)[C@H]3C)O1.C[C@@H]1[C@H](C)C[C@]23C[C@H]1O[C@H]2CC[C@H](CCO)O3.[C-]#N.[C-]#[N+]CC[C@H]1CC[C@@H]2O[C@@H]3C[C@]2(C[C@@H](C)[C@H]3C)O1.[C-]#[N+]CC[C@H]1CC[C@@H]2O[C@@H]3C[C@]2(C[C@@H](O)[C@H]3O)O1.[K+]. The molecule has 0 aromatic carbocycles. The second-order valence-electron chi connectivity index (χ2n) is 31.6. The molecule has 10 bridgehead atoms. The Morgan fingerprint density at radius 1 is 0.462 bits per heavy atom. The minimum Gasteiger partial charge on any atom is -0.512 e. The van der Waals surface area contributed by atoms with Gasteiger partial charge in [-0.3, -0.25) is 4.79 Å². The Labute approximate surface area is 602 Å². The van der Waals surface area contributed by atoms with Crippen LogP contribution in [0, 0.1) is 72.3 Å². The molecule has 15 rings (SSSR count). The fourth-order valence-corrected chi connectivity index (χ4v) is 20.2. The summed E-state index contributed by atoms with van der Waals surface area (Å²) in [5.41, 5.74) is -0.493. The quantitative estimate of drug-likeness (QED) is 0.106. The normalized spacial score (nSPS) is 49.1. The minimum atomic E-state index is -0.786. The van der Waals surface area contributed by atoms with Gasteiger partial charge in [0.25, 0.3) is 0 Å². The van der Waals surface area contributed by atoms with Gasteiger partial charge in [0.1, 0.15) is 6.10 Å². The summed E-state index contributed by atoms with van der Waals surface area (Å²) in [5.74, 6) is 5.21. The molecule has 0 radical (unpaired) electrons. The zero-order valence-corrected chi connectivity index (χ0v) is 61.1. The first-order valence-corrected chi connectivity index (χ1v) is 36.2. The summed E-state index contributed by atoms with van der Waals surface area (Å²) >= 11 is 0. The number of carbonyl (C=O) groups is 1. The number of hydrogen-bond donors (Lipinski definition) is 3. The molecule has 10 aliphatic heterocycles. The topological polar surface area (TPSA) is 212 Å². The average molecular weight is 1330 g/mol. The number of hydrogen-bond acceptors (Lipinski definition) is 16. The van der Waals surface area contributed by atoms with E-state index in [1.165, 1.54) is 39.2 Å². The molecule has 30 atom stereocenters.